The van der Waals surface area contributed by atoms with E-state index in [1.807, 2.05) is 42.5 Å². The summed E-state index contributed by atoms with van der Waals surface area (Å²) in [5, 5.41) is 2.87. The molecule has 4 rings (SSSR count). The number of likely N-dealkylation sites (tertiary alicyclic amines) is 1. The van der Waals surface area contributed by atoms with Gasteiger partial charge in [0, 0.05) is 43.2 Å². The van der Waals surface area contributed by atoms with E-state index in [9.17, 15) is 9.18 Å². The van der Waals surface area contributed by atoms with Crippen molar-refractivity contribution in [2.45, 2.75) is 43.9 Å². The van der Waals surface area contributed by atoms with Gasteiger partial charge in [0.2, 0.25) is 0 Å². The van der Waals surface area contributed by atoms with Gasteiger partial charge in [-0.25, -0.2) is 4.39 Å². The minimum atomic E-state index is -0.275. The van der Waals surface area contributed by atoms with Crippen LogP contribution < -0.4 is 5.32 Å². The number of hydrogen-bond donors (Lipinski definition) is 1. The van der Waals surface area contributed by atoms with Crippen LogP contribution in [-0.2, 0) is 16.1 Å². The first-order valence-electron chi connectivity index (χ1n) is 10.6. The molecule has 1 atom stereocenters. The zero-order valence-electron chi connectivity index (χ0n) is 17.1. The zero-order valence-corrected chi connectivity index (χ0v) is 17.1. The van der Waals surface area contributed by atoms with Crippen LogP contribution in [0.25, 0.3) is 0 Å². The molecule has 1 unspecified atom stereocenters. The van der Waals surface area contributed by atoms with E-state index in [-0.39, 0.29) is 23.4 Å². The van der Waals surface area contributed by atoms with Crippen molar-refractivity contribution >= 4 is 5.91 Å². The molecule has 2 aromatic rings. The summed E-state index contributed by atoms with van der Waals surface area (Å²) in [6.45, 7) is 2.93. The van der Waals surface area contributed by atoms with E-state index in [4.69, 9.17) is 4.74 Å². The molecule has 2 heterocycles. The average molecular weight is 407 g/mol. The smallest absolute Gasteiger partial charge is 0.296 e. The van der Waals surface area contributed by atoms with Crippen LogP contribution in [0.3, 0.4) is 0 Å². The van der Waals surface area contributed by atoms with Gasteiger partial charge in [-0.1, -0.05) is 42.3 Å². The fourth-order valence-corrected chi connectivity index (χ4v) is 4.29. The number of rotatable bonds is 4. The Morgan fingerprint density at radius 2 is 1.83 bits per heavy atom. The van der Waals surface area contributed by atoms with Gasteiger partial charge >= 0.3 is 0 Å². The highest BCUT2D eigenvalue weighted by molar-refractivity contribution is 5.94. The van der Waals surface area contributed by atoms with Gasteiger partial charge in [-0.2, -0.15) is 0 Å². The standard InChI is InChI=1S/C25H27FN2O2/c26-23-9-5-4-8-21(23)19-28-16-14-25(15-17-28)13-12-22(30-25)18-27-24(29)11-10-20-6-2-1-3-7-20/h1-9,22H,12-19H2,(H,27,29). The second kappa shape index (κ2) is 9.42. The van der Waals surface area contributed by atoms with Crippen LogP contribution in [0.1, 0.15) is 36.8 Å². The Hall–Kier alpha value is -2.68. The number of benzene rings is 2. The van der Waals surface area contributed by atoms with E-state index in [1.165, 1.54) is 6.07 Å². The molecular weight excluding hydrogens is 379 g/mol. The van der Waals surface area contributed by atoms with Crippen molar-refractivity contribution in [3.63, 3.8) is 0 Å². The van der Waals surface area contributed by atoms with Gasteiger partial charge in [-0.15, -0.1) is 0 Å². The van der Waals surface area contributed by atoms with Crippen molar-refractivity contribution in [2.75, 3.05) is 19.6 Å². The predicted molar refractivity (Wildman–Crippen MR) is 114 cm³/mol. The highest BCUT2D eigenvalue weighted by Crippen LogP contribution is 2.39. The highest BCUT2D eigenvalue weighted by Gasteiger charge is 2.42. The Bertz CT molecular complexity index is 927. The Morgan fingerprint density at radius 3 is 2.60 bits per heavy atom. The van der Waals surface area contributed by atoms with Gasteiger partial charge in [0.15, 0.2) is 0 Å². The first-order chi connectivity index (χ1) is 14.6. The summed E-state index contributed by atoms with van der Waals surface area (Å²) >= 11 is 0. The maximum absolute atomic E-state index is 13.9. The number of ether oxygens (including phenoxy) is 1. The third kappa shape index (κ3) is 5.27. The zero-order chi connectivity index (χ0) is 20.8. The maximum atomic E-state index is 13.9. The summed E-state index contributed by atoms with van der Waals surface area (Å²) in [6, 6.07) is 16.4. The molecule has 1 spiro atoms. The molecular formula is C25H27FN2O2. The topological polar surface area (TPSA) is 41.6 Å². The molecule has 0 radical (unpaired) electrons. The molecule has 5 heteroatoms. The van der Waals surface area contributed by atoms with E-state index < -0.39 is 0 Å². The molecule has 0 aliphatic carbocycles. The Morgan fingerprint density at radius 1 is 1.10 bits per heavy atom. The lowest BCUT2D eigenvalue weighted by Gasteiger charge is -2.39. The number of amides is 1. The fourth-order valence-electron chi connectivity index (χ4n) is 4.29. The second-order valence-electron chi connectivity index (χ2n) is 8.16. The van der Waals surface area contributed by atoms with Crippen LogP contribution in [0.2, 0.25) is 0 Å². The molecule has 2 fully saturated rings. The molecule has 2 aromatic carbocycles. The van der Waals surface area contributed by atoms with Gasteiger partial charge in [0.05, 0.1) is 11.7 Å². The molecule has 30 heavy (non-hydrogen) atoms. The van der Waals surface area contributed by atoms with Gasteiger partial charge < -0.3 is 10.1 Å². The summed E-state index contributed by atoms with van der Waals surface area (Å²) < 4.78 is 20.3. The van der Waals surface area contributed by atoms with Crippen molar-refractivity contribution in [3.8, 4) is 11.8 Å². The molecule has 0 aromatic heterocycles. The number of piperidine rings is 1. The third-order valence-corrected chi connectivity index (χ3v) is 6.04. The van der Waals surface area contributed by atoms with Gasteiger partial charge in [-0.05, 0) is 43.9 Å². The Balaban J connectivity index is 1.22. The van der Waals surface area contributed by atoms with Crippen LogP contribution in [0, 0.1) is 17.7 Å². The lowest BCUT2D eigenvalue weighted by atomic mass is 9.88. The SMILES string of the molecule is O=C(C#Cc1ccccc1)NCC1CCC2(CCN(Cc3ccccc3F)CC2)O1. The van der Waals surface area contributed by atoms with Crippen molar-refractivity contribution in [1.82, 2.24) is 10.2 Å². The van der Waals surface area contributed by atoms with E-state index in [0.717, 1.165) is 49.9 Å². The molecule has 4 nitrogen and oxygen atoms in total. The molecule has 2 aliphatic rings. The quantitative estimate of drug-likeness (QED) is 0.790. The van der Waals surface area contributed by atoms with E-state index in [1.54, 1.807) is 6.07 Å². The minimum Gasteiger partial charge on any atom is -0.370 e. The summed E-state index contributed by atoms with van der Waals surface area (Å²) in [4.78, 5) is 14.3. The molecule has 0 saturated carbocycles. The van der Waals surface area contributed by atoms with E-state index in [2.05, 4.69) is 22.1 Å². The van der Waals surface area contributed by atoms with E-state index >= 15 is 0 Å². The lowest BCUT2D eigenvalue weighted by Crippen LogP contribution is -2.44. The van der Waals surface area contributed by atoms with Gasteiger partial charge in [0.25, 0.3) is 5.91 Å². The number of nitrogens with zero attached hydrogens (tertiary/aromatic N) is 1. The molecule has 1 N–H and O–H groups in total. The van der Waals surface area contributed by atoms with Crippen LogP contribution in [0.5, 0.6) is 0 Å². The largest absolute Gasteiger partial charge is 0.370 e. The number of hydrogen-bond acceptors (Lipinski definition) is 3. The van der Waals surface area contributed by atoms with Crippen molar-refractivity contribution in [2.24, 2.45) is 0 Å². The summed E-state index contributed by atoms with van der Waals surface area (Å²) in [7, 11) is 0. The minimum absolute atomic E-state index is 0.0330. The van der Waals surface area contributed by atoms with Crippen LogP contribution in [0.4, 0.5) is 4.39 Å². The number of carbonyl (C=O) groups is 1. The monoisotopic (exact) mass is 406 g/mol. The Labute approximate surface area is 177 Å². The van der Waals surface area contributed by atoms with Crippen LogP contribution in [0.15, 0.2) is 54.6 Å². The molecule has 2 saturated heterocycles. The average Bonchev–Trinajstić information content (AvgIpc) is 3.17. The number of halogens is 1. The summed E-state index contributed by atoms with van der Waals surface area (Å²) in [6.07, 6.45) is 3.88. The van der Waals surface area contributed by atoms with Crippen LogP contribution >= 0.6 is 0 Å². The van der Waals surface area contributed by atoms with Crippen LogP contribution in [-0.4, -0.2) is 42.1 Å². The summed E-state index contributed by atoms with van der Waals surface area (Å²) in [5.74, 6) is 5.09. The van der Waals surface area contributed by atoms with Gasteiger partial charge in [0.1, 0.15) is 5.82 Å². The van der Waals surface area contributed by atoms with Gasteiger partial charge in [-0.3, -0.25) is 9.69 Å². The molecule has 156 valence electrons. The van der Waals surface area contributed by atoms with E-state index in [0.29, 0.717) is 13.1 Å². The first-order valence-corrected chi connectivity index (χ1v) is 10.6. The van der Waals surface area contributed by atoms with Crippen molar-refractivity contribution in [1.29, 1.82) is 0 Å². The maximum Gasteiger partial charge on any atom is 0.296 e. The third-order valence-electron chi connectivity index (χ3n) is 6.04. The first kappa shape index (κ1) is 20.6. The number of nitrogens with one attached hydrogen (secondary N) is 1. The fraction of sp³-hybridized carbons (Fsp3) is 0.400. The predicted octanol–water partition coefficient (Wildman–Crippen LogP) is 3.51. The normalized spacial score (nSPS) is 20.5. The molecule has 0 bridgehead atoms. The molecule has 1 amide bonds. The number of carbonyl (C=O) groups excluding carboxylic acids is 1. The Kier molecular flexibility index (Phi) is 6.47. The molecule has 2 aliphatic heterocycles. The summed E-state index contributed by atoms with van der Waals surface area (Å²) in [5.41, 5.74) is 1.47. The highest BCUT2D eigenvalue weighted by atomic mass is 19.1. The van der Waals surface area contributed by atoms with Crippen molar-refractivity contribution < 1.29 is 13.9 Å². The lowest BCUT2D eigenvalue weighted by molar-refractivity contribution is -0.117. The van der Waals surface area contributed by atoms with Crippen molar-refractivity contribution in [3.05, 3.63) is 71.5 Å². The second-order valence-corrected chi connectivity index (χ2v) is 8.16.